The van der Waals surface area contributed by atoms with Crippen molar-refractivity contribution in [2.24, 2.45) is 0 Å². The molecule has 1 N–H and O–H groups in total. The van der Waals surface area contributed by atoms with E-state index in [0.29, 0.717) is 23.9 Å². The Morgan fingerprint density at radius 3 is 2.67 bits per heavy atom. The zero-order valence-corrected chi connectivity index (χ0v) is 15.7. The van der Waals surface area contributed by atoms with Gasteiger partial charge in [-0.05, 0) is 29.9 Å². The Labute approximate surface area is 157 Å². The maximum absolute atomic E-state index is 12.7. The molecule has 0 amide bonds. The van der Waals surface area contributed by atoms with Gasteiger partial charge in [0.2, 0.25) is 5.95 Å². The lowest BCUT2D eigenvalue weighted by Crippen LogP contribution is -2.31. The molecule has 7 heteroatoms. The summed E-state index contributed by atoms with van der Waals surface area (Å²) in [7, 11) is 1.30. The second-order valence-corrected chi connectivity index (χ2v) is 7.21. The van der Waals surface area contributed by atoms with Gasteiger partial charge in [-0.3, -0.25) is 4.79 Å². The summed E-state index contributed by atoms with van der Waals surface area (Å²) in [6.07, 6.45) is 2.11. The van der Waals surface area contributed by atoms with Crippen LogP contribution < -0.4 is 5.32 Å². The number of rotatable bonds is 3. The Kier molecular flexibility index (Phi) is 4.30. The molecule has 0 spiro atoms. The predicted octanol–water partition coefficient (Wildman–Crippen LogP) is 3.21. The largest absolute Gasteiger partial charge is 0.463 e. The summed E-state index contributed by atoms with van der Waals surface area (Å²) in [5.74, 6) is 0.378. The number of anilines is 1. The molecule has 0 bridgehead atoms. The second kappa shape index (κ2) is 6.64. The fraction of sp³-hybridized carbons (Fsp3) is 0.400. The lowest BCUT2D eigenvalue weighted by atomic mass is 9.85. The van der Waals surface area contributed by atoms with Crippen LogP contribution in [0, 0.1) is 0 Å². The molecular formula is C20H22N4O3. The van der Waals surface area contributed by atoms with E-state index < -0.39 is 12.0 Å². The van der Waals surface area contributed by atoms with Crippen molar-refractivity contribution in [3.63, 3.8) is 0 Å². The molecular weight excluding hydrogens is 344 g/mol. The molecule has 0 saturated heterocycles. The zero-order chi connectivity index (χ0) is 19.1. The molecule has 2 heterocycles. The van der Waals surface area contributed by atoms with Crippen molar-refractivity contribution in [2.75, 3.05) is 12.4 Å². The number of nitrogens with zero attached hydrogens (tertiary/aromatic N) is 3. The maximum Gasteiger partial charge on any atom is 0.378 e. The van der Waals surface area contributed by atoms with Gasteiger partial charge >= 0.3 is 5.97 Å². The number of nitrogens with one attached hydrogen (secondary N) is 1. The summed E-state index contributed by atoms with van der Waals surface area (Å²) in [5.41, 5.74) is 3.77. The Morgan fingerprint density at radius 1 is 1.26 bits per heavy atom. The number of allylic oxidation sites excluding steroid dienone is 2. The number of Topliss-reactive ketones (excluding diaryl/α,β-unsaturated/α-hetero) is 1. The third kappa shape index (κ3) is 2.93. The highest BCUT2D eigenvalue weighted by atomic mass is 16.5. The monoisotopic (exact) mass is 366 g/mol. The summed E-state index contributed by atoms with van der Waals surface area (Å²) < 4.78 is 6.37. The standard InChI is InChI=1S/C20H22N4O3/c1-11(2)12-7-9-13(10-8-12)17-16-14(5-4-6-15(16)25)21-20-22-18(19(26)27-3)23-24(17)20/h7-11,17H,4-6H2,1-3H3,(H,21,22,23)/t17-/m1/s1. The summed E-state index contributed by atoms with van der Waals surface area (Å²) in [6, 6.07) is 7.82. The SMILES string of the molecule is COC(=O)c1nc2n(n1)[C@H](c1ccc(C(C)C)cc1)C1=C(CCCC1=O)N2. The average Bonchev–Trinajstić information content (AvgIpc) is 3.09. The molecule has 2 aromatic rings. The molecule has 1 atom stereocenters. The molecule has 1 aromatic heterocycles. The first-order chi connectivity index (χ1) is 13.0. The van der Waals surface area contributed by atoms with E-state index in [4.69, 9.17) is 4.74 Å². The molecule has 0 radical (unpaired) electrons. The molecule has 0 fully saturated rings. The van der Waals surface area contributed by atoms with Crippen LogP contribution in [0.4, 0.5) is 5.95 Å². The number of benzene rings is 1. The van der Waals surface area contributed by atoms with E-state index in [9.17, 15) is 9.59 Å². The van der Waals surface area contributed by atoms with Crippen molar-refractivity contribution in [3.8, 4) is 0 Å². The van der Waals surface area contributed by atoms with Gasteiger partial charge in [0.1, 0.15) is 6.04 Å². The van der Waals surface area contributed by atoms with E-state index in [2.05, 4.69) is 41.4 Å². The van der Waals surface area contributed by atoms with Crippen LogP contribution in [-0.2, 0) is 9.53 Å². The van der Waals surface area contributed by atoms with Crippen molar-refractivity contribution in [1.29, 1.82) is 0 Å². The maximum atomic E-state index is 12.7. The fourth-order valence-electron chi connectivity index (χ4n) is 3.71. The van der Waals surface area contributed by atoms with E-state index >= 15 is 0 Å². The first kappa shape index (κ1) is 17.5. The second-order valence-electron chi connectivity index (χ2n) is 7.21. The van der Waals surface area contributed by atoms with Crippen LogP contribution >= 0.6 is 0 Å². The minimum atomic E-state index is -0.600. The smallest absolute Gasteiger partial charge is 0.378 e. The van der Waals surface area contributed by atoms with Crippen LogP contribution in [-0.4, -0.2) is 33.6 Å². The van der Waals surface area contributed by atoms with Gasteiger partial charge in [-0.25, -0.2) is 9.48 Å². The number of fused-ring (bicyclic) bond motifs is 1. The van der Waals surface area contributed by atoms with Crippen molar-refractivity contribution in [3.05, 3.63) is 52.5 Å². The highest BCUT2D eigenvalue weighted by molar-refractivity contribution is 5.99. The van der Waals surface area contributed by atoms with Gasteiger partial charge in [-0.2, -0.15) is 4.98 Å². The third-order valence-electron chi connectivity index (χ3n) is 5.15. The molecule has 140 valence electrons. The zero-order valence-electron chi connectivity index (χ0n) is 15.7. The van der Waals surface area contributed by atoms with Crippen molar-refractivity contribution in [2.45, 2.75) is 45.1 Å². The van der Waals surface area contributed by atoms with Crippen LogP contribution in [0.15, 0.2) is 35.5 Å². The molecule has 0 saturated carbocycles. The number of methoxy groups -OCH3 is 1. The van der Waals surface area contributed by atoms with Gasteiger partial charge in [0, 0.05) is 17.7 Å². The van der Waals surface area contributed by atoms with Crippen LogP contribution in [0.1, 0.15) is 66.8 Å². The van der Waals surface area contributed by atoms with Gasteiger partial charge < -0.3 is 10.1 Å². The van der Waals surface area contributed by atoms with E-state index in [1.165, 1.54) is 12.7 Å². The van der Waals surface area contributed by atoms with Crippen LogP contribution in [0.3, 0.4) is 0 Å². The first-order valence-electron chi connectivity index (χ1n) is 9.17. The van der Waals surface area contributed by atoms with Gasteiger partial charge in [-0.15, -0.1) is 5.10 Å². The quantitative estimate of drug-likeness (QED) is 0.840. The third-order valence-corrected chi connectivity index (χ3v) is 5.15. The summed E-state index contributed by atoms with van der Waals surface area (Å²) in [5, 5.41) is 7.54. The lowest BCUT2D eigenvalue weighted by Gasteiger charge is -2.32. The molecule has 7 nitrogen and oxygen atoms in total. The Hall–Kier alpha value is -2.96. The summed E-state index contributed by atoms with van der Waals surface area (Å²) in [6.45, 7) is 4.28. The highest BCUT2D eigenvalue weighted by Gasteiger charge is 2.37. The lowest BCUT2D eigenvalue weighted by molar-refractivity contribution is -0.116. The Morgan fingerprint density at radius 2 is 2.00 bits per heavy atom. The number of carbonyl (C=O) groups excluding carboxylic acids is 2. The van der Waals surface area contributed by atoms with E-state index in [0.717, 1.165) is 24.1 Å². The highest BCUT2D eigenvalue weighted by Crippen LogP contribution is 2.40. The molecule has 4 rings (SSSR count). The van der Waals surface area contributed by atoms with E-state index in [1.54, 1.807) is 4.68 Å². The summed E-state index contributed by atoms with van der Waals surface area (Å²) >= 11 is 0. The number of aromatic nitrogens is 3. The van der Waals surface area contributed by atoms with Crippen LogP contribution in [0.5, 0.6) is 0 Å². The number of hydrogen-bond acceptors (Lipinski definition) is 6. The minimum absolute atomic E-state index is 0.0175. The normalized spacial score (nSPS) is 18.8. The molecule has 1 aliphatic heterocycles. The van der Waals surface area contributed by atoms with Gasteiger partial charge in [0.05, 0.1) is 7.11 Å². The van der Waals surface area contributed by atoms with Crippen molar-refractivity contribution in [1.82, 2.24) is 14.8 Å². The predicted molar refractivity (Wildman–Crippen MR) is 99.5 cm³/mol. The number of ether oxygens (including phenoxy) is 1. The summed E-state index contributed by atoms with van der Waals surface area (Å²) in [4.78, 5) is 28.9. The first-order valence-corrected chi connectivity index (χ1v) is 9.17. The molecule has 1 aliphatic carbocycles. The van der Waals surface area contributed by atoms with Crippen molar-refractivity contribution < 1.29 is 14.3 Å². The molecule has 27 heavy (non-hydrogen) atoms. The topological polar surface area (TPSA) is 86.1 Å². The van der Waals surface area contributed by atoms with Gasteiger partial charge in [-0.1, -0.05) is 38.1 Å². The molecule has 1 aromatic carbocycles. The van der Waals surface area contributed by atoms with Gasteiger partial charge in [0.15, 0.2) is 5.78 Å². The fourth-order valence-corrected chi connectivity index (χ4v) is 3.71. The number of carbonyl (C=O) groups is 2. The molecule has 0 unspecified atom stereocenters. The van der Waals surface area contributed by atoms with E-state index in [1.807, 2.05) is 12.1 Å². The minimum Gasteiger partial charge on any atom is -0.463 e. The van der Waals surface area contributed by atoms with Gasteiger partial charge in [0.25, 0.3) is 5.82 Å². The van der Waals surface area contributed by atoms with Crippen molar-refractivity contribution >= 4 is 17.7 Å². The Balaban J connectivity index is 1.85. The number of ketones is 1. The van der Waals surface area contributed by atoms with Crippen LogP contribution in [0.25, 0.3) is 0 Å². The average molecular weight is 366 g/mol. The number of esters is 1. The van der Waals surface area contributed by atoms with Crippen LogP contribution in [0.2, 0.25) is 0 Å². The number of hydrogen-bond donors (Lipinski definition) is 1. The molecule has 2 aliphatic rings. The van der Waals surface area contributed by atoms with E-state index in [-0.39, 0.29) is 11.6 Å². The Bertz CT molecular complexity index is 941.